The first-order valence-corrected chi connectivity index (χ1v) is 3.51. The van der Waals surface area contributed by atoms with Crippen molar-refractivity contribution in [2.24, 2.45) is 0 Å². The van der Waals surface area contributed by atoms with Crippen molar-refractivity contribution < 1.29 is 9.90 Å². The Kier molecular flexibility index (Phi) is 6.08. The van der Waals surface area contributed by atoms with Crippen LogP contribution in [-0.4, -0.2) is 18.0 Å². The summed E-state index contributed by atoms with van der Waals surface area (Å²) in [5.41, 5.74) is 1.16. The van der Waals surface area contributed by atoms with Crippen molar-refractivity contribution in [3.8, 4) is 0 Å². The molecule has 0 aliphatic carbocycles. The van der Waals surface area contributed by atoms with Crippen LogP contribution in [0.5, 0.6) is 0 Å². The van der Waals surface area contributed by atoms with Gasteiger partial charge < -0.3 is 9.90 Å². The summed E-state index contributed by atoms with van der Waals surface area (Å²) >= 11 is 0. The summed E-state index contributed by atoms with van der Waals surface area (Å²) in [4.78, 5) is 9.88. The van der Waals surface area contributed by atoms with E-state index in [1.54, 1.807) is 6.08 Å². The van der Waals surface area contributed by atoms with Gasteiger partial charge in [-0.2, -0.15) is 0 Å². The number of rotatable bonds is 5. The number of allylic oxidation sites excluding steroid dienone is 1. The van der Waals surface area contributed by atoms with Crippen LogP contribution in [0.2, 0.25) is 0 Å². The molecule has 0 radical (unpaired) electrons. The van der Waals surface area contributed by atoms with Crippen LogP contribution in [0.15, 0.2) is 11.6 Å². The van der Waals surface area contributed by atoms with E-state index < -0.39 is 0 Å². The fourth-order valence-corrected chi connectivity index (χ4v) is 0.722. The van der Waals surface area contributed by atoms with Gasteiger partial charge in [-0.15, -0.1) is 0 Å². The van der Waals surface area contributed by atoms with Gasteiger partial charge >= 0.3 is 0 Å². The number of carbonyl (C=O) groups excluding carboxylic acids is 1. The van der Waals surface area contributed by atoms with Crippen molar-refractivity contribution in [3.63, 3.8) is 0 Å². The predicted molar refractivity (Wildman–Crippen MR) is 40.8 cm³/mol. The molecule has 0 spiro atoms. The lowest BCUT2D eigenvalue weighted by atomic mass is 10.1. The van der Waals surface area contributed by atoms with Gasteiger partial charge in [0.2, 0.25) is 0 Å². The molecule has 2 nitrogen and oxygen atoms in total. The monoisotopic (exact) mass is 142 g/mol. The number of unbranched alkanes of at least 4 members (excludes halogenated alkanes) is 1. The molecule has 0 rings (SSSR count). The van der Waals surface area contributed by atoms with Gasteiger partial charge in [0, 0.05) is 6.42 Å². The highest BCUT2D eigenvalue weighted by Crippen LogP contribution is 2.03. The summed E-state index contributed by atoms with van der Waals surface area (Å²) in [6.45, 7) is 2.06. The van der Waals surface area contributed by atoms with Gasteiger partial charge in [0.1, 0.15) is 6.29 Å². The molecule has 0 aliphatic heterocycles. The second kappa shape index (κ2) is 6.49. The molecule has 1 N–H and O–H groups in total. The van der Waals surface area contributed by atoms with E-state index in [0.29, 0.717) is 6.42 Å². The Morgan fingerprint density at radius 3 is 2.80 bits per heavy atom. The molecule has 0 heterocycles. The molecule has 10 heavy (non-hydrogen) atoms. The van der Waals surface area contributed by atoms with Gasteiger partial charge in [0.15, 0.2) is 0 Å². The molecule has 0 bridgehead atoms. The fraction of sp³-hybridized carbons (Fsp3) is 0.625. The third-order valence-corrected chi connectivity index (χ3v) is 1.33. The summed E-state index contributed by atoms with van der Waals surface area (Å²) in [7, 11) is 0. The SMILES string of the molecule is C/C(=C/CO)CCCC=O. The van der Waals surface area contributed by atoms with E-state index in [9.17, 15) is 4.79 Å². The van der Waals surface area contributed by atoms with Crippen LogP contribution in [0.1, 0.15) is 26.2 Å². The quantitative estimate of drug-likeness (QED) is 0.357. The molecule has 0 atom stereocenters. The number of aliphatic hydroxyl groups is 1. The lowest BCUT2D eigenvalue weighted by Gasteiger charge is -1.95. The van der Waals surface area contributed by atoms with E-state index in [-0.39, 0.29) is 6.61 Å². The molecule has 2 heteroatoms. The zero-order chi connectivity index (χ0) is 7.82. The van der Waals surface area contributed by atoms with Gasteiger partial charge in [-0.3, -0.25) is 0 Å². The third kappa shape index (κ3) is 5.51. The van der Waals surface area contributed by atoms with Gasteiger partial charge in [-0.25, -0.2) is 0 Å². The molecule has 0 aromatic heterocycles. The highest BCUT2D eigenvalue weighted by molar-refractivity contribution is 5.49. The average molecular weight is 142 g/mol. The maximum Gasteiger partial charge on any atom is 0.120 e. The van der Waals surface area contributed by atoms with Crippen LogP contribution in [0.3, 0.4) is 0 Å². The second-order valence-electron chi connectivity index (χ2n) is 2.29. The maximum absolute atomic E-state index is 9.88. The number of carbonyl (C=O) groups is 1. The smallest absolute Gasteiger partial charge is 0.120 e. The minimum atomic E-state index is 0.104. The topological polar surface area (TPSA) is 37.3 Å². The van der Waals surface area contributed by atoms with Crippen LogP contribution in [0, 0.1) is 0 Å². The summed E-state index contributed by atoms with van der Waals surface area (Å²) in [5.74, 6) is 0. The van der Waals surface area contributed by atoms with Crippen molar-refractivity contribution in [1.29, 1.82) is 0 Å². The molecule has 0 amide bonds. The Labute approximate surface area is 61.6 Å². The zero-order valence-corrected chi connectivity index (χ0v) is 6.34. The average Bonchev–Trinajstić information content (AvgIpc) is 1.89. The van der Waals surface area contributed by atoms with Crippen molar-refractivity contribution >= 4 is 6.29 Å². The van der Waals surface area contributed by atoms with E-state index in [2.05, 4.69) is 0 Å². The lowest BCUT2D eigenvalue weighted by molar-refractivity contribution is -0.107. The third-order valence-electron chi connectivity index (χ3n) is 1.33. The number of aliphatic hydroxyl groups excluding tert-OH is 1. The number of aldehydes is 1. The van der Waals surface area contributed by atoms with Gasteiger partial charge in [0.05, 0.1) is 6.61 Å². The van der Waals surface area contributed by atoms with E-state index in [1.165, 1.54) is 0 Å². The molecular weight excluding hydrogens is 128 g/mol. The molecule has 0 fully saturated rings. The summed E-state index contributed by atoms with van der Waals surface area (Å²) in [6.07, 6.45) is 5.12. The largest absolute Gasteiger partial charge is 0.392 e. The van der Waals surface area contributed by atoms with Crippen molar-refractivity contribution in [3.05, 3.63) is 11.6 Å². The molecule has 0 aromatic carbocycles. The highest BCUT2D eigenvalue weighted by Gasteiger charge is 1.88. The maximum atomic E-state index is 9.88. The minimum absolute atomic E-state index is 0.104. The van der Waals surface area contributed by atoms with E-state index in [4.69, 9.17) is 5.11 Å². The van der Waals surface area contributed by atoms with Crippen LogP contribution >= 0.6 is 0 Å². The predicted octanol–water partition coefficient (Wildman–Crippen LogP) is 1.29. The second-order valence-corrected chi connectivity index (χ2v) is 2.29. The van der Waals surface area contributed by atoms with E-state index >= 15 is 0 Å². The normalized spacial score (nSPS) is 11.6. The molecule has 0 saturated heterocycles. The van der Waals surface area contributed by atoms with Crippen LogP contribution in [-0.2, 0) is 4.79 Å². The Morgan fingerprint density at radius 1 is 1.60 bits per heavy atom. The Morgan fingerprint density at radius 2 is 2.30 bits per heavy atom. The van der Waals surface area contributed by atoms with Gasteiger partial charge in [0.25, 0.3) is 0 Å². The summed E-state index contributed by atoms with van der Waals surface area (Å²) < 4.78 is 0. The summed E-state index contributed by atoms with van der Waals surface area (Å²) in [6, 6.07) is 0. The highest BCUT2D eigenvalue weighted by atomic mass is 16.2. The summed E-state index contributed by atoms with van der Waals surface area (Å²) in [5, 5.41) is 8.45. The van der Waals surface area contributed by atoms with E-state index in [1.807, 2.05) is 6.92 Å². The number of hydrogen-bond acceptors (Lipinski definition) is 2. The van der Waals surface area contributed by atoms with Gasteiger partial charge in [-0.05, 0) is 19.8 Å². The van der Waals surface area contributed by atoms with E-state index in [0.717, 1.165) is 24.7 Å². The molecule has 0 aliphatic rings. The Hall–Kier alpha value is -0.630. The standard InChI is InChI=1S/C8H14O2/c1-8(5-7-10)4-2-3-6-9/h5-6,10H,2-4,7H2,1H3/b8-5-. The first-order chi connectivity index (χ1) is 4.81. The van der Waals surface area contributed by atoms with Crippen molar-refractivity contribution in [2.75, 3.05) is 6.61 Å². The Balaban J connectivity index is 3.29. The molecule has 0 aromatic rings. The Bertz CT molecular complexity index is 116. The first kappa shape index (κ1) is 9.37. The van der Waals surface area contributed by atoms with Crippen molar-refractivity contribution in [1.82, 2.24) is 0 Å². The lowest BCUT2D eigenvalue weighted by Crippen LogP contribution is -1.82. The van der Waals surface area contributed by atoms with Gasteiger partial charge in [-0.1, -0.05) is 11.6 Å². The van der Waals surface area contributed by atoms with Crippen LogP contribution < -0.4 is 0 Å². The molecule has 58 valence electrons. The molecule has 0 saturated carbocycles. The van der Waals surface area contributed by atoms with Crippen molar-refractivity contribution in [2.45, 2.75) is 26.2 Å². The first-order valence-electron chi connectivity index (χ1n) is 3.51. The fourth-order valence-electron chi connectivity index (χ4n) is 0.722. The molecular formula is C8H14O2. The minimum Gasteiger partial charge on any atom is -0.392 e. The zero-order valence-electron chi connectivity index (χ0n) is 6.34. The van der Waals surface area contributed by atoms with Crippen LogP contribution in [0.25, 0.3) is 0 Å². The molecule has 0 unspecified atom stereocenters. The number of hydrogen-bond donors (Lipinski definition) is 1. The van der Waals surface area contributed by atoms with Crippen LogP contribution in [0.4, 0.5) is 0 Å².